The van der Waals surface area contributed by atoms with Crippen molar-refractivity contribution in [3.8, 4) is 11.8 Å². The number of nitrogens with zero attached hydrogens (tertiary/aromatic N) is 1. The average molecular weight is 285 g/mol. The van der Waals surface area contributed by atoms with Gasteiger partial charge in [0.05, 0.1) is 17.2 Å². The Morgan fingerprint density at radius 1 is 1.33 bits per heavy atom. The first-order chi connectivity index (χ1) is 9.99. The van der Waals surface area contributed by atoms with Crippen LogP contribution in [0.15, 0.2) is 36.4 Å². The highest BCUT2D eigenvalue weighted by Crippen LogP contribution is 2.21. The van der Waals surface area contributed by atoms with Gasteiger partial charge in [-0.25, -0.2) is 9.18 Å². The lowest BCUT2D eigenvalue weighted by Gasteiger charge is -2.10. The van der Waals surface area contributed by atoms with Gasteiger partial charge in [0.2, 0.25) is 0 Å². The number of carbonyl (C=O) groups is 1. The number of halogens is 1. The van der Waals surface area contributed by atoms with Gasteiger partial charge >= 0.3 is 5.97 Å². The van der Waals surface area contributed by atoms with Crippen molar-refractivity contribution in [3.63, 3.8) is 0 Å². The Labute approximate surface area is 121 Å². The van der Waals surface area contributed by atoms with Crippen LogP contribution in [0, 0.1) is 24.1 Å². The molecule has 2 aromatic rings. The van der Waals surface area contributed by atoms with E-state index in [1.165, 1.54) is 18.2 Å². The fourth-order valence-corrected chi connectivity index (χ4v) is 1.90. The number of aryl methyl sites for hydroxylation is 1. The zero-order valence-electron chi connectivity index (χ0n) is 11.3. The van der Waals surface area contributed by atoms with Gasteiger partial charge in [0, 0.05) is 0 Å². The molecule has 0 unspecified atom stereocenters. The van der Waals surface area contributed by atoms with Crippen LogP contribution in [0.25, 0.3) is 0 Å². The van der Waals surface area contributed by atoms with Crippen LogP contribution in [0.5, 0.6) is 5.75 Å². The maximum absolute atomic E-state index is 13.3. The van der Waals surface area contributed by atoms with Crippen molar-refractivity contribution in [1.82, 2.24) is 0 Å². The molecule has 0 amide bonds. The van der Waals surface area contributed by atoms with Crippen molar-refractivity contribution in [1.29, 1.82) is 5.26 Å². The van der Waals surface area contributed by atoms with Gasteiger partial charge in [-0.2, -0.15) is 5.26 Å². The number of carboxylic acid groups (broad SMARTS) is 1. The second kappa shape index (κ2) is 6.06. The number of nitriles is 1. The summed E-state index contributed by atoms with van der Waals surface area (Å²) in [6.45, 7) is 1.83. The number of ether oxygens (including phenoxy) is 1. The van der Waals surface area contributed by atoms with E-state index in [0.29, 0.717) is 16.9 Å². The molecular weight excluding hydrogens is 273 g/mol. The first-order valence-electron chi connectivity index (χ1n) is 6.16. The highest BCUT2D eigenvalue weighted by Gasteiger charge is 2.07. The molecule has 0 aliphatic rings. The summed E-state index contributed by atoms with van der Waals surface area (Å²) in [6.07, 6.45) is 0. The van der Waals surface area contributed by atoms with E-state index in [1.807, 2.05) is 6.07 Å². The zero-order chi connectivity index (χ0) is 15.4. The van der Waals surface area contributed by atoms with Crippen molar-refractivity contribution in [2.75, 3.05) is 0 Å². The third-order valence-corrected chi connectivity index (χ3v) is 2.90. The normalized spacial score (nSPS) is 9.95. The molecule has 0 aliphatic carbocycles. The second-order valence-corrected chi connectivity index (χ2v) is 4.53. The lowest BCUT2D eigenvalue weighted by Crippen LogP contribution is -2.01. The molecule has 0 atom stereocenters. The second-order valence-electron chi connectivity index (χ2n) is 4.53. The highest BCUT2D eigenvalue weighted by molar-refractivity contribution is 5.88. The summed E-state index contributed by atoms with van der Waals surface area (Å²) in [6, 6.07) is 10.4. The molecule has 0 spiro atoms. The van der Waals surface area contributed by atoms with Crippen LogP contribution in [0.2, 0.25) is 0 Å². The van der Waals surface area contributed by atoms with E-state index in [0.717, 1.165) is 6.07 Å². The Morgan fingerprint density at radius 3 is 2.71 bits per heavy atom. The number of rotatable bonds is 4. The molecule has 21 heavy (non-hydrogen) atoms. The summed E-state index contributed by atoms with van der Waals surface area (Å²) < 4.78 is 18.8. The monoisotopic (exact) mass is 285 g/mol. The van der Waals surface area contributed by atoms with E-state index < -0.39 is 11.8 Å². The number of hydrogen-bond acceptors (Lipinski definition) is 3. The van der Waals surface area contributed by atoms with Crippen LogP contribution in [0.4, 0.5) is 4.39 Å². The highest BCUT2D eigenvalue weighted by atomic mass is 19.1. The molecule has 4 nitrogen and oxygen atoms in total. The molecular formula is C16H12FNO3. The van der Waals surface area contributed by atoms with Crippen molar-refractivity contribution in [2.45, 2.75) is 13.5 Å². The fraction of sp³-hybridized carbons (Fsp3) is 0.125. The topological polar surface area (TPSA) is 70.3 Å². The van der Waals surface area contributed by atoms with Gasteiger partial charge in [-0.05, 0) is 54.4 Å². The smallest absolute Gasteiger partial charge is 0.335 e. The first-order valence-corrected chi connectivity index (χ1v) is 6.16. The minimum absolute atomic E-state index is 0.0969. The number of aromatic carboxylic acids is 1. The van der Waals surface area contributed by atoms with Gasteiger partial charge in [-0.3, -0.25) is 0 Å². The van der Waals surface area contributed by atoms with E-state index in [2.05, 4.69) is 0 Å². The van der Waals surface area contributed by atoms with E-state index in [1.54, 1.807) is 19.1 Å². The first kappa shape index (κ1) is 14.5. The lowest BCUT2D eigenvalue weighted by molar-refractivity contribution is 0.0696. The molecule has 2 rings (SSSR count). The summed E-state index contributed by atoms with van der Waals surface area (Å²) in [4.78, 5) is 10.8. The molecule has 0 aliphatic heterocycles. The van der Waals surface area contributed by atoms with Crippen LogP contribution in [0.1, 0.15) is 27.0 Å². The standard InChI is InChI=1S/C16H12FNO3/c1-10-4-13(16(19)20)2-3-15(10)21-9-12-5-11(8-18)6-14(17)7-12/h2-7H,9H2,1H3,(H,19,20). The van der Waals surface area contributed by atoms with Crippen molar-refractivity contribution < 1.29 is 19.0 Å². The van der Waals surface area contributed by atoms with Gasteiger partial charge in [0.25, 0.3) is 0 Å². The fourth-order valence-electron chi connectivity index (χ4n) is 1.90. The molecule has 0 heterocycles. The zero-order valence-corrected chi connectivity index (χ0v) is 11.3. The molecule has 0 aromatic heterocycles. The predicted molar refractivity (Wildman–Crippen MR) is 73.6 cm³/mol. The van der Waals surface area contributed by atoms with Gasteiger partial charge in [0.15, 0.2) is 0 Å². The van der Waals surface area contributed by atoms with Crippen molar-refractivity contribution in [2.24, 2.45) is 0 Å². The summed E-state index contributed by atoms with van der Waals surface area (Å²) in [5.41, 5.74) is 1.61. The Bertz CT molecular complexity index is 735. The Hall–Kier alpha value is -2.87. The molecule has 0 radical (unpaired) electrons. The minimum Gasteiger partial charge on any atom is -0.489 e. The van der Waals surface area contributed by atoms with Crippen LogP contribution in [0.3, 0.4) is 0 Å². The minimum atomic E-state index is -1.01. The van der Waals surface area contributed by atoms with Crippen molar-refractivity contribution >= 4 is 5.97 Å². The van der Waals surface area contributed by atoms with E-state index >= 15 is 0 Å². The molecule has 0 saturated heterocycles. The number of benzene rings is 2. The summed E-state index contributed by atoms with van der Waals surface area (Å²) in [7, 11) is 0. The molecule has 2 aromatic carbocycles. The third kappa shape index (κ3) is 3.57. The molecule has 0 bridgehead atoms. The SMILES string of the molecule is Cc1cc(C(=O)O)ccc1OCc1cc(F)cc(C#N)c1. The summed E-state index contributed by atoms with van der Waals surface area (Å²) >= 11 is 0. The Morgan fingerprint density at radius 2 is 2.10 bits per heavy atom. The Kier molecular flexibility index (Phi) is 4.19. The maximum atomic E-state index is 13.3. The molecule has 5 heteroatoms. The maximum Gasteiger partial charge on any atom is 0.335 e. The molecule has 0 saturated carbocycles. The predicted octanol–water partition coefficient (Wildman–Crippen LogP) is 3.28. The van der Waals surface area contributed by atoms with E-state index in [4.69, 9.17) is 15.1 Å². The Balaban J connectivity index is 2.15. The van der Waals surface area contributed by atoms with Gasteiger partial charge in [-0.15, -0.1) is 0 Å². The number of hydrogen-bond donors (Lipinski definition) is 1. The van der Waals surface area contributed by atoms with Gasteiger partial charge in [0.1, 0.15) is 18.2 Å². The average Bonchev–Trinajstić information content (AvgIpc) is 2.45. The van der Waals surface area contributed by atoms with Crippen LogP contribution < -0.4 is 4.74 Å². The lowest BCUT2D eigenvalue weighted by atomic mass is 10.1. The van der Waals surface area contributed by atoms with Crippen LogP contribution in [-0.2, 0) is 6.61 Å². The molecule has 0 fully saturated rings. The number of carboxylic acids is 1. The van der Waals surface area contributed by atoms with Crippen LogP contribution in [-0.4, -0.2) is 11.1 Å². The molecule has 1 N–H and O–H groups in total. The van der Waals surface area contributed by atoms with E-state index in [-0.39, 0.29) is 17.7 Å². The van der Waals surface area contributed by atoms with Gasteiger partial charge < -0.3 is 9.84 Å². The van der Waals surface area contributed by atoms with Crippen LogP contribution >= 0.6 is 0 Å². The quantitative estimate of drug-likeness (QED) is 0.935. The van der Waals surface area contributed by atoms with Crippen molar-refractivity contribution in [3.05, 3.63) is 64.5 Å². The largest absolute Gasteiger partial charge is 0.489 e. The third-order valence-electron chi connectivity index (χ3n) is 2.90. The summed E-state index contributed by atoms with van der Waals surface area (Å²) in [5, 5.41) is 17.7. The molecule has 106 valence electrons. The van der Waals surface area contributed by atoms with Gasteiger partial charge in [-0.1, -0.05) is 0 Å². The van der Waals surface area contributed by atoms with E-state index in [9.17, 15) is 9.18 Å². The summed E-state index contributed by atoms with van der Waals surface area (Å²) in [5.74, 6) is -0.984.